The lowest BCUT2D eigenvalue weighted by Crippen LogP contribution is -2.37. The first kappa shape index (κ1) is 20.0. The van der Waals surface area contributed by atoms with Gasteiger partial charge in [-0.15, -0.1) is 0 Å². The third kappa shape index (κ3) is 3.44. The minimum atomic E-state index is -1.30. The van der Waals surface area contributed by atoms with E-state index in [2.05, 4.69) is 41.4 Å². The lowest BCUT2D eigenvalue weighted by Gasteiger charge is -2.37. The Morgan fingerprint density at radius 1 is 0.733 bits per heavy atom. The molecule has 0 aliphatic heterocycles. The van der Waals surface area contributed by atoms with Crippen molar-refractivity contribution in [2.45, 2.75) is 17.7 Å². The molecule has 0 spiro atoms. The van der Waals surface area contributed by atoms with E-state index in [4.69, 9.17) is 0 Å². The Labute approximate surface area is 175 Å². The molecule has 0 fully saturated rings. The molecular formula is C25H24N2O3. The van der Waals surface area contributed by atoms with Crippen molar-refractivity contribution in [1.29, 1.82) is 0 Å². The molecule has 3 N–H and O–H groups in total. The standard InChI is InChI=1S/C25H24N2O3/c28-17-23(29)24(30)22-16-27(18-26-22)25(19-10-4-1-5-11-19,20-12-6-2-7-13-20)21-14-8-3-9-15-21/h1-16,18,23-24,28-30H,17H2/t23-,24+/m1/s1. The van der Waals surface area contributed by atoms with Gasteiger partial charge in [0, 0.05) is 6.20 Å². The van der Waals surface area contributed by atoms with Gasteiger partial charge in [-0.05, 0) is 16.7 Å². The largest absolute Gasteiger partial charge is 0.394 e. The summed E-state index contributed by atoms with van der Waals surface area (Å²) in [6.45, 7) is -0.546. The third-order valence-corrected chi connectivity index (χ3v) is 5.42. The van der Waals surface area contributed by atoms with Crippen LogP contribution in [0.1, 0.15) is 28.5 Å². The number of hydrogen-bond donors (Lipinski definition) is 3. The van der Waals surface area contributed by atoms with Crippen LogP contribution < -0.4 is 0 Å². The third-order valence-electron chi connectivity index (χ3n) is 5.42. The molecule has 0 saturated carbocycles. The van der Waals surface area contributed by atoms with Crippen LogP contribution in [0.15, 0.2) is 104 Å². The Morgan fingerprint density at radius 2 is 1.17 bits per heavy atom. The molecule has 0 aliphatic carbocycles. The number of rotatable bonds is 7. The summed E-state index contributed by atoms with van der Waals surface area (Å²) in [5, 5.41) is 29.5. The maximum absolute atomic E-state index is 10.4. The zero-order valence-electron chi connectivity index (χ0n) is 16.4. The maximum atomic E-state index is 10.4. The molecule has 5 heteroatoms. The van der Waals surface area contributed by atoms with Crippen molar-refractivity contribution in [2.75, 3.05) is 6.61 Å². The molecule has 1 heterocycles. The van der Waals surface area contributed by atoms with Crippen LogP contribution in [-0.4, -0.2) is 37.6 Å². The lowest BCUT2D eigenvalue weighted by molar-refractivity contribution is -0.0171. The van der Waals surface area contributed by atoms with Gasteiger partial charge in [-0.25, -0.2) is 4.98 Å². The number of nitrogens with zero attached hydrogens (tertiary/aromatic N) is 2. The van der Waals surface area contributed by atoms with Gasteiger partial charge in [-0.3, -0.25) is 0 Å². The van der Waals surface area contributed by atoms with Crippen molar-refractivity contribution in [2.24, 2.45) is 0 Å². The first-order valence-corrected chi connectivity index (χ1v) is 9.86. The van der Waals surface area contributed by atoms with Gasteiger partial charge in [0.25, 0.3) is 0 Å². The van der Waals surface area contributed by atoms with E-state index < -0.39 is 24.4 Å². The first-order chi connectivity index (χ1) is 14.7. The summed E-state index contributed by atoms with van der Waals surface area (Å²) in [6.07, 6.45) is 0.816. The van der Waals surface area contributed by atoms with Crippen LogP contribution in [0.3, 0.4) is 0 Å². The minimum absolute atomic E-state index is 0.295. The average molecular weight is 400 g/mol. The summed E-state index contributed by atoms with van der Waals surface area (Å²) in [6, 6.07) is 30.3. The van der Waals surface area contributed by atoms with E-state index >= 15 is 0 Å². The summed E-state index contributed by atoms with van der Waals surface area (Å²) in [5.41, 5.74) is 2.65. The van der Waals surface area contributed by atoms with Crippen LogP contribution >= 0.6 is 0 Å². The van der Waals surface area contributed by atoms with Crippen molar-refractivity contribution in [1.82, 2.24) is 9.55 Å². The molecule has 2 atom stereocenters. The van der Waals surface area contributed by atoms with E-state index in [-0.39, 0.29) is 0 Å². The number of aliphatic hydroxyl groups is 3. The van der Waals surface area contributed by atoms with Gasteiger partial charge >= 0.3 is 0 Å². The van der Waals surface area contributed by atoms with Gasteiger partial charge in [-0.2, -0.15) is 0 Å². The Kier molecular flexibility index (Phi) is 5.77. The maximum Gasteiger partial charge on any atom is 0.126 e. The van der Waals surface area contributed by atoms with Crippen LogP contribution in [0.2, 0.25) is 0 Å². The minimum Gasteiger partial charge on any atom is -0.394 e. The van der Waals surface area contributed by atoms with Gasteiger partial charge < -0.3 is 19.9 Å². The van der Waals surface area contributed by atoms with Crippen LogP contribution in [-0.2, 0) is 5.54 Å². The number of imidazole rings is 1. The van der Waals surface area contributed by atoms with E-state index in [1.54, 1.807) is 12.5 Å². The van der Waals surface area contributed by atoms with Crippen molar-refractivity contribution >= 4 is 0 Å². The summed E-state index contributed by atoms with van der Waals surface area (Å²) in [5.74, 6) is 0. The van der Waals surface area contributed by atoms with Crippen LogP contribution in [0, 0.1) is 0 Å². The SMILES string of the molecule is OC[C@@H](O)[C@@H](O)c1cn(C(c2ccccc2)(c2ccccc2)c2ccccc2)cn1. The topological polar surface area (TPSA) is 78.5 Å². The summed E-state index contributed by atoms with van der Waals surface area (Å²) >= 11 is 0. The van der Waals surface area contributed by atoms with Gasteiger partial charge in [0.15, 0.2) is 0 Å². The molecule has 5 nitrogen and oxygen atoms in total. The molecule has 0 aliphatic rings. The summed E-state index contributed by atoms with van der Waals surface area (Å²) in [4.78, 5) is 4.37. The van der Waals surface area contributed by atoms with E-state index in [0.717, 1.165) is 16.7 Å². The zero-order valence-corrected chi connectivity index (χ0v) is 16.4. The molecule has 0 saturated heterocycles. The molecule has 0 amide bonds. The van der Waals surface area contributed by atoms with Crippen molar-refractivity contribution in [3.05, 3.63) is 126 Å². The normalized spacial score (nSPS) is 13.7. The van der Waals surface area contributed by atoms with E-state index in [0.29, 0.717) is 5.69 Å². The van der Waals surface area contributed by atoms with Gasteiger partial charge in [-0.1, -0.05) is 91.0 Å². The number of benzene rings is 3. The van der Waals surface area contributed by atoms with Crippen LogP contribution in [0.25, 0.3) is 0 Å². The fourth-order valence-corrected chi connectivity index (χ4v) is 3.96. The predicted molar refractivity (Wildman–Crippen MR) is 115 cm³/mol. The quantitative estimate of drug-likeness (QED) is 0.417. The van der Waals surface area contributed by atoms with E-state index in [1.807, 2.05) is 59.2 Å². The molecule has 0 radical (unpaired) electrons. The van der Waals surface area contributed by atoms with Gasteiger partial charge in [0.1, 0.15) is 17.7 Å². The molecular weight excluding hydrogens is 376 g/mol. The molecule has 1 aromatic heterocycles. The fraction of sp³-hybridized carbons (Fsp3) is 0.160. The Hall–Kier alpha value is -3.25. The highest BCUT2D eigenvalue weighted by atomic mass is 16.4. The number of aromatic nitrogens is 2. The molecule has 152 valence electrons. The average Bonchev–Trinajstić information content (AvgIpc) is 3.31. The summed E-state index contributed by atoms with van der Waals surface area (Å²) < 4.78 is 1.95. The Balaban J connectivity index is 2.00. The first-order valence-electron chi connectivity index (χ1n) is 9.86. The highest BCUT2D eigenvalue weighted by Crippen LogP contribution is 2.41. The fourth-order valence-electron chi connectivity index (χ4n) is 3.96. The lowest BCUT2D eigenvalue weighted by atomic mass is 9.77. The van der Waals surface area contributed by atoms with Gasteiger partial charge in [0.05, 0.1) is 18.6 Å². The van der Waals surface area contributed by atoms with Crippen molar-refractivity contribution < 1.29 is 15.3 Å². The smallest absolute Gasteiger partial charge is 0.126 e. The number of hydrogen-bond acceptors (Lipinski definition) is 4. The highest BCUT2D eigenvalue weighted by Gasteiger charge is 2.38. The molecule has 3 aromatic carbocycles. The number of aliphatic hydroxyl groups excluding tert-OH is 3. The highest BCUT2D eigenvalue weighted by molar-refractivity contribution is 5.50. The molecule has 30 heavy (non-hydrogen) atoms. The predicted octanol–water partition coefficient (Wildman–Crippen LogP) is 3.11. The van der Waals surface area contributed by atoms with Crippen LogP contribution in [0.5, 0.6) is 0 Å². The van der Waals surface area contributed by atoms with Crippen LogP contribution in [0.4, 0.5) is 0 Å². The van der Waals surface area contributed by atoms with E-state index in [9.17, 15) is 15.3 Å². The van der Waals surface area contributed by atoms with E-state index in [1.165, 1.54) is 0 Å². The second-order valence-electron chi connectivity index (χ2n) is 7.21. The second kappa shape index (κ2) is 8.63. The monoisotopic (exact) mass is 400 g/mol. The van der Waals surface area contributed by atoms with Crippen molar-refractivity contribution in [3.8, 4) is 0 Å². The Morgan fingerprint density at radius 3 is 1.57 bits per heavy atom. The Bertz CT molecular complexity index is 969. The molecule has 0 bridgehead atoms. The zero-order chi connectivity index (χ0) is 21.0. The van der Waals surface area contributed by atoms with Gasteiger partial charge in [0.2, 0.25) is 0 Å². The molecule has 0 unspecified atom stereocenters. The van der Waals surface area contributed by atoms with Crippen molar-refractivity contribution in [3.63, 3.8) is 0 Å². The molecule has 4 rings (SSSR count). The molecule has 4 aromatic rings. The summed E-state index contributed by atoms with van der Waals surface area (Å²) in [7, 11) is 0. The second-order valence-corrected chi connectivity index (χ2v) is 7.21.